The van der Waals surface area contributed by atoms with Crippen LogP contribution in [0.2, 0.25) is 0 Å². The average molecular weight is 527 g/mol. The number of anilines is 1. The first-order valence-electron chi connectivity index (χ1n) is 11.8. The Morgan fingerprint density at radius 2 is 1.89 bits per heavy atom. The average Bonchev–Trinajstić information content (AvgIpc) is 3.66. The van der Waals surface area contributed by atoms with E-state index in [2.05, 4.69) is 22.0 Å². The maximum Gasteiger partial charge on any atom is 0.348 e. The Balaban J connectivity index is 1.50. The van der Waals surface area contributed by atoms with E-state index in [-0.39, 0.29) is 18.1 Å². The second-order valence-corrected chi connectivity index (χ2v) is 9.48. The van der Waals surface area contributed by atoms with Crippen molar-refractivity contribution in [3.8, 4) is 40.4 Å². The standard InChI is InChI=1S/C28H22N4O5S/c1-34-28(33)25-12-20(14-29)26(38-25)17-37-27-23(15-30)22(19-6-9-36-16-19)13-24(31-27)18-2-4-21(5-3-18)32-7-10-35-11-8-32/h2-6,9,12-13,16H,7-8,10-11,17H2,1H3. The molecule has 0 spiro atoms. The number of hydrogen-bond donors (Lipinski definition) is 0. The van der Waals surface area contributed by atoms with E-state index in [0.717, 1.165) is 35.7 Å². The topological polar surface area (TPSA) is 122 Å². The van der Waals surface area contributed by atoms with Crippen molar-refractivity contribution in [1.29, 1.82) is 10.5 Å². The molecular formula is C28H22N4O5S. The largest absolute Gasteiger partial charge is 0.472 e. The number of esters is 1. The van der Waals surface area contributed by atoms with E-state index in [1.54, 1.807) is 12.3 Å². The molecule has 1 aliphatic heterocycles. The molecule has 0 N–H and O–H groups in total. The maximum atomic E-state index is 11.9. The van der Waals surface area contributed by atoms with E-state index in [9.17, 15) is 15.3 Å². The third-order valence-corrected chi connectivity index (χ3v) is 7.21. The lowest BCUT2D eigenvalue weighted by Crippen LogP contribution is -2.36. The van der Waals surface area contributed by atoms with Crippen LogP contribution in [0.15, 0.2) is 59.4 Å². The molecule has 38 heavy (non-hydrogen) atoms. The fourth-order valence-electron chi connectivity index (χ4n) is 4.16. The molecule has 0 radical (unpaired) electrons. The van der Waals surface area contributed by atoms with Crippen LogP contribution < -0.4 is 9.64 Å². The molecule has 4 aromatic rings. The van der Waals surface area contributed by atoms with Gasteiger partial charge in [-0.25, -0.2) is 9.78 Å². The zero-order valence-electron chi connectivity index (χ0n) is 20.5. The van der Waals surface area contributed by atoms with E-state index < -0.39 is 5.97 Å². The molecule has 9 nitrogen and oxygen atoms in total. The number of thiophene rings is 1. The van der Waals surface area contributed by atoms with Crippen molar-refractivity contribution in [2.45, 2.75) is 6.61 Å². The number of nitrogens with zero attached hydrogens (tertiary/aromatic N) is 4. The quantitative estimate of drug-likeness (QED) is 0.306. The number of carbonyl (C=O) groups excluding carboxylic acids is 1. The van der Waals surface area contributed by atoms with Crippen molar-refractivity contribution in [2.24, 2.45) is 0 Å². The Labute approximate surface area is 223 Å². The highest BCUT2D eigenvalue weighted by molar-refractivity contribution is 7.14. The molecule has 0 atom stereocenters. The molecule has 0 aliphatic carbocycles. The lowest BCUT2D eigenvalue weighted by atomic mass is 10.0. The molecule has 1 saturated heterocycles. The number of methoxy groups -OCH3 is 1. The van der Waals surface area contributed by atoms with Crippen LogP contribution in [-0.2, 0) is 16.1 Å². The van der Waals surface area contributed by atoms with Crippen LogP contribution in [0.25, 0.3) is 22.4 Å². The highest BCUT2D eigenvalue weighted by atomic mass is 32.1. The van der Waals surface area contributed by atoms with Gasteiger partial charge in [-0.2, -0.15) is 10.5 Å². The lowest BCUT2D eigenvalue weighted by Gasteiger charge is -2.28. The van der Waals surface area contributed by atoms with E-state index in [1.807, 2.05) is 30.3 Å². The molecule has 3 aromatic heterocycles. The van der Waals surface area contributed by atoms with Crippen LogP contribution in [0.5, 0.6) is 5.88 Å². The first-order valence-corrected chi connectivity index (χ1v) is 12.6. The number of hydrogen-bond acceptors (Lipinski definition) is 10. The first kappa shape index (κ1) is 25.0. The molecule has 0 amide bonds. The van der Waals surface area contributed by atoms with Crippen molar-refractivity contribution in [1.82, 2.24) is 4.98 Å². The Kier molecular flexibility index (Phi) is 7.36. The van der Waals surface area contributed by atoms with Crippen molar-refractivity contribution < 1.29 is 23.4 Å². The van der Waals surface area contributed by atoms with E-state index in [4.69, 9.17) is 18.6 Å². The molecule has 0 unspecified atom stereocenters. The first-order chi connectivity index (χ1) is 18.6. The summed E-state index contributed by atoms with van der Waals surface area (Å²) in [6, 6.07) is 17.4. The van der Waals surface area contributed by atoms with Crippen molar-refractivity contribution >= 4 is 23.0 Å². The molecule has 1 aromatic carbocycles. The SMILES string of the molecule is COC(=O)c1cc(C#N)c(COc2nc(-c3ccc(N4CCOCC4)cc3)cc(-c3ccoc3)c2C#N)s1. The van der Waals surface area contributed by atoms with Crippen molar-refractivity contribution in [2.75, 3.05) is 38.3 Å². The van der Waals surface area contributed by atoms with Crippen LogP contribution in [0, 0.1) is 22.7 Å². The number of ether oxygens (including phenoxy) is 3. The number of benzene rings is 1. The van der Waals surface area contributed by atoms with Gasteiger partial charge in [0.25, 0.3) is 0 Å². The molecular weight excluding hydrogens is 504 g/mol. The van der Waals surface area contributed by atoms with Crippen LogP contribution in [0.1, 0.15) is 25.7 Å². The van der Waals surface area contributed by atoms with Gasteiger partial charge >= 0.3 is 5.97 Å². The molecule has 190 valence electrons. The second-order valence-electron chi connectivity index (χ2n) is 8.34. The van der Waals surface area contributed by atoms with Gasteiger partial charge in [-0.05, 0) is 30.3 Å². The van der Waals surface area contributed by atoms with Crippen molar-refractivity contribution in [3.05, 3.63) is 75.9 Å². The van der Waals surface area contributed by atoms with Gasteiger partial charge in [0.1, 0.15) is 29.2 Å². The fourth-order valence-corrected chi connectivity index (χ4v) is 5.10. The Bertz CT molecular complexity index is 1530. The summed E-state index contributed by atoms with van der Waals surface area (Å²) in [5, 5.41) is 19.5. The van der Waals surface area contributed by atoms with Gasteiger partial charge in [-0.15, -0.1) is 11.3 Å². The molecule has 0 saturated carbocycles. The highest BCUT2D eigenvalue weighted by Crippen LogP contribution is 2.35. The van der Waals surface area contributed by atoms with Gasteiger partial charge in [-0.1, -0.05) is 12.1 Å². The smallest absolute Gasteiger partial charge is 0.348 e. The van der Waals surface area contributed by atoms with E-state index in [0.29, 0.717) is 45.4 Å². The van der Waals surface area contributed by atoms with Crippen LogP contribution >= 0.6 is 11.3 Å². The summed E-state index contributed by atoms with van der Waals surface area (Å²) >= 11 is 1.11. The number of furan rings is 1. The zero-order chi connectivity index (χ0) is 26.5. The van der Waals surface area contributed by atoms with Gasteiger partial charge in [0.05, 0.1) is 49.0 Å². The number of pyridine rings is 1. The summed E-state index contributed by atoms with van der Waals surface area (Å²) in [5.74, 6) is -0.409. The number of morpholine rings is 1. The second kappa shape index (κ2) is 11.2. The normalized spacial score (nSPS) is 13.0. The molecule has 1 fully saturated rings. The zero-order valence-corrected chi connectivity index (χ0v) is 21.3. The summed E-state index contributed by atoms with van der Waals surface area (Å²) < 4.78 is 21.5. The maximum absolute atomic E-state index is 11.9. The van der Waals surface area contributed by atoms with Gasteiger partial charge in [0, 0.05) is 35.5 Å². The Morgan fingerprint density at radius 1 is 1.11 bits per heavy atom. The molecule has 5 rings (SSSR count). The minimum absolute atomic E-state index is 0.0452. The van der Waals surface area contributed by atoms with Crippen LogP contribution in [0.3, 0.4) is 0 Å². The van der Waals surface area contributed by atoms with Crippen molar-refractivity contribution in [3.63, 3.8) is 0 Å². The number of carbonyl (C=O) groups is 1. The van der Waals surface area contributed by atoms with Crippen LogP contribution in [0.4, 0.5) is 5.69 Å². The third-order valence-electron chi connectivity index (χ3n) is 6.13. The predicted octanol–water partition coefficient (Wildman–Crippen LogP) is 5.02. The highest BCUT2D eigenvalue weighted by Gasteiger charge is 2.20. The summed E-state index contributed by atoms with van der Waals surface area (Å²) in [7, 11) is 1.28. The summed E-state index contributed by atoms with van der Waals surface area (Å²) in [4.78, 5) is 19.7. The fraction of sp³-hybridized carbons (Fsp3) is 0.214. The monoisotopic (exact) mass is 526 g/mol. The minimum atomic E-state index is -0.529. The minimum Gasteiger partial charge on any atom is -0.472 e. The van der Waals surface area contributed by atoms with Crippen LogP contribution in [-0.4, -0.2) is 44.4 Å². The van der Waals surface area contributed by atoms with Gasteiger partial charge < -0.3 is 23.5 Å². The number of nitriles is 2. The Hall–Kier alpha value is -4.64. The van der Waals surface area contributed by atoms with Gasteiger partial charge in [0.15, 0.2) is 0 Å². The third kappa shape index (κ3) is 5.09. The summed E-state index contributed by atoms with van der Waals surface area (Å²) in [6.45, 7) is 3.03. The Morgan fingerprint density at radius 3 is 2.55 bits per heavy atom. The predicted molar refractivity (Wildman–Crippen MR) is 140 cm³/mol. The molecule has 10 heteroatoms. The molecule has 0 bridgehead atoms. The lowest BCUT2D eigenvalue weighted by molar-refractivity contribution is 0.0606. The number of rotatable bonds is 7. The summed E-state index contributed by atoms with van der Waals surface area (Å²) in [6.07, 6.45) is 3.09. The molecule has 1 aliphatic rings. The summed E-state index contributed by atoms with van der Waals surface area (Å²) in [5.41, 5.74) is 4.43. The van der Waals surface area contributed by atoms with E-state index >= 15 is 0 Å². The van der Waals surface area contributed by atoms with Gasteiger partial charge in [-0.3, -0.25) is 0 Å². The van der Waals surface area contributed by atoms with E-state index in [1.165, 1.54) is 19.4 Å². The number of aromatic nitrogens is 1. The molecule has 4 heterocycles. The van der Waals surface area contributed by atoms with Gasteiger partial charge in [0.2, 0.25) is 5.88 Å².